The molecule has 0 amide bonds. The fraction of sp³-hybridized carbons (Fsp3) is 0. The Balaban J connectivity index is 2.16. The molecule has 4 nitrogen and oxygen atoms in total. The lowest BCUT2D eigenvalue weighted by atomic mass is 9.96. The standard InChI is InChI=1S/C20H13NO3/c21-13-14-5-7-16(8-6-14)20-17-4-2-1-3-15(17)9-10-18(20)24-12-11-19(22)23/h1-12H,(H,22,23)/b12-11-. The summed E-state index contributed by atoms with van der Waals surface area (Å²) in [6.07, 6.45) is 2.09. The molecule has 0 saturated heterocycles. The molecular weight excluding hydrogens is 302 g/mol. The summed E-state index contributed by atoms with van der Waals surface area (Å²) in [6.45, 7) is 0. The molecule has 0 aliphatic carbocycles. The van der Waals surface area contributed by atoms with Crippen LogP contribution in [-0.2, 0) is 4.79 Å². The van der Waals surface area contributed by atoms with Gasteiger partial charge in [-0.05, 0) is 34.5 Å². The van der Waals surface area contributed by atoms with Crippen LogP contribution in [0, 0.1) is 11.3 Å². The Kier molecular flexibility index (Phi) is 4.26. The second-order valence-corrected chi connectivity index (χ2v) is 5.11. The van der Waals surface area contributed by atoms with Gasteiger partial charge in [0.05, 0.1) is 24.0 Å². The number of carboxylic acids is 1. The van der Waals surface area contributed by atoms with Gasteiger partial charge in [-0.2, -0.15) is 5.26 Å². The van der Waals surface area contributed by atoms with Gasteiger partial charge in [-0.1, -0.05) is 42.5 Å². The average molecular weight is 315 g/mol. The van der Waals surface area contributed by atoms with E-state index < -0.39 is 5.97 Å². The van der Waals surface area contributed by atoms with E-state index in [1.165, 1.54) is 0 Å². The van der Waals surface area contributed by atoms with Crippen molar-refractivity contribution in [2.24, 2.45) is 0 Å². The van der Waals surface area contributed by atoms with Crippen molar-refractivity contribution in [3.8, 4) is 22.9 Å². The number of carbonyl (C=O) groups is 1. The summed E-state index contributed by atoms with van der Waals surface area (Å²) < 4.78 is 5.54. The van der Waals surface area contributed by atoms with Crippen molar-refractivity contribution in [3.05, 3.63) is 78.6 Å². The predicted molar refractivity (Wildman–Crippen MR) is 91.5 cm³/mol. The molecule has 0 saturated carbocycles. The molecular formula is C20H13NO3. The zero-order chi connectivity index (χ0) is 16.9. The van der Waals surface area contributed by atoms with E-state index >= 15 is 0 Å². The van der Waals surface area contributed by atoms with Gasteiger partial charge < -0.3 is 9.84 Å². The first-order valence-electron chi connectivity index (χ1n) is 7.27. The normalized spacial score (nSPS) is 10.6. The van der Waals surface area contributed by atoms with E-state index in [2.05, 4.69) is 6.07 Å². The van der Waals surface area contributed by atoms with Gasteiger partial charge in [-0.3, -0.25) is 0 Å². The highest BCUT2D eigenvalue weighted by Crippen LogP contribution is 2.37. The van der Waals surface area contributed by atoms with Crippen molar-refractivity contribution in [2.75, 3.05) is 0 Å². The summed E-state index contributed by atoms with van der Waals surface area (Å²) >= 11 is 0. The van der Waals surface area contributed by atoms with Crippen LogP contribution in [0.3, 0.4) is 0 Å². The van der Waals surface area contributed by atoms with Crippen LogP contribution in [0.1, 0.15) is 5.56 Å². The Morgan fingerprint density at radius 3 is 2.50 bits per heavy atom. The number of nitriles is 1. The minimum atomic E-state index is -1.07. The van der Waals surface area contributed by atoms with Crippen LogP contribution in [0.2, 0.25) is 0 Å². The molecule has 0 unspecified atom stereocenters. The highest BCUT2D eigenvalue weighted by Gasteiger charge is 2.11. The fourth-order valence-electron chi connectivity index (χ4n) is 2.52. The molecule has 4 heteroatoms. The Morgan fingerprint density at radius 1 is 1.04 bits per heavy atom. The van der Waals surface area contributed by atoms with Crippen molar-refractivity contribution in [3.63, 3.8) is 0 Å². The van der Waals surface area contributed by atoms with E-state index in [0.717, 1.165) is 34.2 Å². The van der Waals surface area contributed by atoms with Crippen LogP contribution in [0.15, 0.2) is 73.0 Å². The number of nitrogens with zero attached hydrogens (tertiary/aromatic N) is 1. The topological polar surface area (TPSA) is 70.3 Å². The van der Waals surface area contributed by atoms with Crippen LogP contribution in [0.25, 0.3) is 21.9 Å². The molecule has 0 fully saturated rings. The zero-order valence-corrected chi connectivity index (χ0v) is 12.6. The SMILES string of the molecule is N#Cc1ccc(-c2c(O/C=C\C(=O)O)ccc3ccccc23)cc1. The van der Waals surface area contributed by atoms with Crippen LogP contribution in [0.4, 0.5) is 0 Å². The molecule has 0 aromatic heterocycles. The molecule has 0 radical (unpaired) electrons. The number of hydrogen-bond acceptors (Lipinski definition) is 3. The Morgan fingerprint density at radius 2 is 1.79 bits per heavy atom. The summed E-state index contributed by atoms with van der Waals surface area (Å²) in [5.41, 5.74) is 2.32. The van der Waals surface area contributed by atoms with E-state index in [4.69, 9.17) is 15.1 Å². The first kappa shape index (κ1) is 15.3. The fourth-order valence-corrected chi connectivity index (χ4v) is 2.52. The lowest BCUT2D eigenvalue weighted by molar-refractivity contribution is -0.131. The monoisotopic (exact) mass is 315 g/mol. The van der Waals surface area contributed by atoms with Gasteiger partial charge in [0, 0.05) is 5.56 Å². The first-order valence-corrected chi connectivity index (χ1v) is 7.27. The zero-order valence-electron chi connectivity index (χ0n) is 12.6. The molecule has 24 heavy (non-hydrogen) atoms. The highest BCUT2D eigenvalue weighted by atomic mass is 16.5. The summed E-state index contributed by atoms with van der Waals surface area (Å²) in [6, 6.07) is 20.9. The lowest BCUT2D eigenvalue weighted by Crippen LogP contribution is -1.92. The maximum absolute atomic E-state index is 10.6. The second kappa shape index (κ2) is 6.67. The number of benzene rings is 3. The number of carboxylic acid groups (broad SMARTS) is 1. The Bertz CT molecular complexity index is 966. The van der Waals surface area contributed by atoms with Crippen LogP contribution in [0.5, 0.6) is 5.75 Å². The maximum atomic E-state index is 10.6. The molecule has 0 heterocycles. The third-order valence-corrected chi connectivity index (χ3v) is 3.60. The molecule has 0 aliphatic heterocycles. The second-order valence-electron chi connectivity index (χ2n) is 5.11. The van der Waals surface area contributed by atoms with E-state index in [-0.39, 0.29) is 0 Å². The van der Waals surface area contributed by atoms with E-state index in [1.54, 1.807) is 12.1 Å². The van der Waals surface area contributed by atoms with Crippen LogP contribution in [-0.4, -0.2) is 11.1 Å². The molecule has 3 rings (SSSR count). The number of aliphatic carboxylic acids is 1. The van der Waals surface area contributed by atoms with Gasteiger partial charge in [0.2, 0.25) is 0 Å². The van der Waals surface area contributed by atoms with Crippen molar-refractivity contribution in [2.45, 2.75) is 0 Å². The van der Waals surface area contributed by atoms with Gasteiger partial charge in [0.15, 0.2) is 0 Å². The Labute approximate surface area is 138 Å². The summed E-state index contributed by atoms with van der Waals surface area (Å²) in [7, 11) is 0. The molecule has 0 atom stereocenters. The smallest absolute Gasteiger partial charge is 0.331 e. The van der Waals surface area contributed by atoms with E-state index in [9.17, 15) is 4.79 Å². The Hall–Kier alpha value is -3.58. The first-order chi connectivity index (χ1) is 11.7. The quantitative estimate of drug-likeness (QED) is 0.574. The minimum Gasteiger partial charge on any atom is -0.478 e. The third kappa shape index (κ3) is 3.11. The molecule has 116 valence electrons. The highest BCUT2D eigenvalue weighted by molar-refractivity contribution is 5.99. The number of hydrogen-bond donors (Lipinski definition) is 1. The van der Waals surface area contributed by atoms with Gasteiger partial charge in [-0.15, -0.1) is 0 Å². The van der Waals surface area contributed by atoms with Crippen molar-refractivity contribution in [1.82, 2.24) is 0 Å². The van der Waals surface area contributed by atoms with Crippen molar-refractivity contribution >= 4 is 16.7 Å². The van der Waals surface area contributed by atoms with E-state index in [1.807, 2.05) is 48.5 Å². The van der Waals surface area contributed by atoms with Crippen molar-refractivity contribution < 1.29 is 14.6 Å². The molecule has 1 N–H and O–H groups in total. The minimum absolute atomic E-state index is 0.552. The van der Waals surface area contributed by atoms with E-state index in [0.29, 0.717) is 11.3 Å². The summed E-state index contributed by atoms with van der Waals surface area (Å²) in [5.74, 6) is -0.522. The molecule has 0 aliphatic rings. The number of ether oxygens (including phenoxy) is 1. The van der Waals surface area contributed by atoms with Gasteiger partial charge in [-0.25, -0.2) is 4.79 Å². The van der Waals surface area contributed by atoms with Gasteiger partial charge in [0.25, 0.3) is 0 Å². The average Bonchev–Trinajstić information content (AvgIpc) is 2.61. The lowest BCUT2D eigenvalue weighted by Gasteiger charge is -2.12. The summed E-state index contributed by atoms with van der Waals surface area (Å²) in [5, 5.41) is 19.7. The molecule has 0 bridgehead atoms. The van der Waals surface area contributed by atoms with Crippen molar-refractivity contribution in [1.29, 1.82) is 5.26 Å². The summed E-state index contributed by atoms with van der Waals surface area (Å²) in [4.78, 5) is 10.6. The number of fused-ring (bicyclic) bond motifs is 1. The van der Waals surface area contributed by atoms with Crippen LogP contribution < -0.4 is 4.74 Å². The van der Waals surface area contributed by atoms with Crippen LogP contribution >= 0.6 is 0 Å². The largest absolute Gasteiger partial charge is 0.478 e. The molecule has 0 spiro atoms. The van der Waals surface area contributed by atoms with Gasteiger partial charge in [0.1, 0.15) is 5.75 Å². The third-order valence-electron chi connectivity index (χ3n) is 3.60. The maximum Gasteiger partial charge on any atom is 0.331 e. The molecule has 3 aromatic rings. The predicted octanol–water partition coefficient (Wildman–Crippen LogP) is 4.36. The van der Waals surface area contributed by atoms with Gasteiger partial charge >= 0.3 is 5.97 Å². The number of rotatable bonds is 4. The molecule has 3 aromatic carbocycles.